The Balaban J connectivity index is 2.65. The van der Waals surface area contributed by atoms with Gasteiger partial charge >= 0.3 is 0 Å². The van der Waals surface area contributed by atoms with Crippen molar-refractivity contribution in [2.45, 2.75) is 26.9 Å². The minimum atomic E-state index is -0.540. The molecule has 4 nitrogen and oxygen atoms in total. The monoisotopic (exact) mass is 295 g/mol. The number of aromatic nitrogens is 3. The first-order valence-corrected chi connectivity index (χ1v) is 6.16. The molecule has 0 amide bonds. The molecule has 2 aromatic rings. The van der Waals surface area contributed by atoms with E-state index in [0.717, 1.165) is 27.4 Å². The highest BCUT2D eigenvalue weighted by Gasteiger charge is 2.13. The SMILES string of the molecule is Cc1nc(C)n(-c2cc(Br)ccc2C(C)O)n1. The van der Waals surface area contributed by atoms with Crippen LogP contribution in [0, 0.1) is 13.8 Å². The second-order valence-corrected chi connectivity index (χ2v) is 4.91. The highest BCUT2D eigenvalue weighted by Crippen LogP contribution is 2.25. The molecule has 17 heavy (non-hydrogen) atoms. The highest BCUT2D eigenvalue weighted by molar-refractivity contribution is 9.10. The molecule has 5 heteroatoms. The van der Waals surface area contributed by atoms with Gasteiger partial charge in [-0.25, -0.2) is 9.67 Å². The van der Waals surface area contributed by atoms with Gasteiger partial charge in [0.15, 0.2) is 0 Å². The molecule has 0 aliphatic heterocycles. The number of aliphatic hydroxyl groups excluding tert-OH is 1. The van der Waals surface area contributed by atoms with Gasteiger partial charge in [-0.2, -0.15) is 5.10 Å². The fourth-order valence-corrected chi connectivity index (χ4v) is 2.15. The third kappa shape index (κ3) is 2.40. The molecule has 1 aromatic heterocycles. The highest BCUT2D eigenvalue weighted by atomic mass is 79.9. The Labute approximate surface area is 108 Å². The van der Waals surface area contributed by atoms with E-state index < -0.39 is 6.10 Å². The molecule has 0 spiro atoms. The summed E-state index contributed by atoms with van der Waals surface area (Å²) in [6.45, 7) is 5.49. The van der Waals surface area contributed by atoms with Gasteiger partial charge < -0.3 is 5.11 Å². The Morgan fingerprint density at radius 2 is 2.06 bits per heavy atom. The quantitative estimate of drug-likeness (QED) is 0.927. The minimum Gasteiger partial charge on any atom is -0.389 e. The van der Waals surface area contributed by atoms with Gasteiger partial charge in [-0.15, -0.1) is 0 Å². The number of hydrogen-bond donors (Lipinski definition) is 1. The predicted octanol–water partition coefficient (Wildman–Crippen LogP) is 2.70. The molecule has 0 aliphatic rings. The number of benzene rings is 1. The van der Waals surface area contributed by atoms with Crippen LogP contribution in [0.2, 0.25) is 0 Å². The Bertz CT molecular complexity index is 549. The van der Waals surface area contributed by atoms with E-state index in [9.17, 15) is 5.11 Å². The van der Waals surface area contributed by atoms with Gasteiger partial charge in [0.1, 0.15) is 11.6 Å². The van der Waals surface area contributed by atoms with Gasteiger partial charge in [0.25, 0.3) is 0 Å². The van der Waals surface area contributed by atoms with Crippen LogP contribution in [-0.2, 0) is 0 Å². The summed E-state index contributed by atoms with van der Waals surface area (Å²) in [6, 6.07) is 5.73. The van der Waals surface area contributed by atoms with Crippen molar-refractivity contribution in [3.8, 4) is 5.69 Å². The molecule has 1 unspecified atom stereocenters. The van der Waals surface area contributed by atoms with Gasteiger partial charge in [-0.1, -0.05) is 22.0 Å². The van der Waals surface area contributed by atoms with E-state index in [1.54, 1.807) is 11.6 Å². The Hall–Kier alpha value is -1.20. The van der Waals surface area contributed by atoms with Gasteiger partial charge in [0.2, 0.25) is 0 Å². The molecule has 1 heterocycles. The smallest absolute Gasteiger partial charge is 0.148 e. The van der Waals surface area contributed by atoms with Crippen LogP contribution in [0.4, 0.5) is 0 Å². The summed E-state index contributed by atoms with van der Waals surface area (Å²) in [5, 5.41) is 14.1. The summed E-state index contributed by atoms with van der Waals surface area (Å²) in [4.78, 5) is 4.27. The summed E-state index contributed by atoms with van der Waals surface area (Å²) >= 11 is 3.43. The van der Waals surface area contributed by atoms with E-state index in [-0.39, 0.29) is 0 Å². The van der Waals surface area contributed by atoms with Crippen LogP contribution in [0.1, 0.15) is 30.2 Å². The number of hydrogen-bond acceptors (Lipinski definition) is 3. The summed E-state index contributed by atoms with van der Waals surface area (Å²) in [6.07, 6.45) is -0.540. The predicted molar refractivity (Wildman–Crippen MR) is 69.2 cm³/mol. The van der Waals surface area contributed by atoms with Crippen LogP contribution < -0.4 is 0 Å². The zero-order chi connectivity index (χ0) is 12.6. The lowest BCUT2D eigenvalue weighted by Crippen LogP contribution is -2.06. The van der Waals surface area contributed by atoms with Crippen molar-refractivity contribution in [2.24, 2.45) is 0 Å². The van der Waals surface area contributed by atoms with E-state index >= 15 is 0 Å². The lowest BCUT2D eigenvalue weighted by atomic mass is 10.1. The molecule has 0 fully saturated rings. The first kappa shape index (κ1) is 12.3. The number of rotatable bonds is 2. The van der Waals surface area contributed by atoms with Crippen LogP contribution in [-0.4, -0.2) is 19.9 Å². The fraction of sp³-hybridized carbons (Fsp3) is 0.333. The first-order valence-electron chi connectivity index (χ1n) is 5.37. The zero-order valence-corrected chi connectivity index (χ0v) is 11.6. The Morgan fingerprint density at radius 3 is 2.59 bits per heavy atom. The molecular weight excluding hydrogens is 282 g/mol. The largest absolute Gasteiger partial charge is 0.389 e. The standard InChI is InChI=1S/C12H14BrN3O/c1-7(17)11-5-4-10(13)6-12(11)16-9(3)14-8(2)15-16/h4-7,17H,1-3H3. The maximum atomic E-state index is 9.78. The molecule has 0 saturated heterocycles. The minimum absolute atomic E-state index is 0.540. The molecule has 1 N–H and O–H groups in total. The van der Waals surface area contributed by atoms with E-state index in [4.69, 9.17) is 0 Å². The van der Waals surface area contributed by atoms with Crippen molar-refractivity contribution < 1.29 is 5.11 Å². The van der Waals surface area contributed by atoms with Crippen molar-refractivity contribution in [3.63, 3.8) is 0 Å². The van der Waals surface area contributed by atoms with E-state index in [2.05, 4.69) is 26.0 Å². The number of nitrogens with zero attached hydrogens (tertiary/aromatic N) is 3. The molecule has 2 rings (SSSR count). The van der Waals surface area contributed by atoms with Crippen molar-refractivity contribution >= 4 is 15.9 Å². The average molecular weight is 296 g/mol. The van der Waals surface area contributed by atoms with Crippen molar-refractivity contribution in [3.05, 3.63) is 39.9 Å². The van der Waals surface area contributed by atoms with Crippen molar-refractivity contribution in [1.82, 2.24) is 14.8 Å². The van der Waals surface area contributed by atoms with Crippen LogP contribution in [0.15, 0.2) is 22.7 Å². The lowest BCUT2D eigenvalue weighted by molar-refractivity contribution is 0.199. The van der Waals surface area contributed by atoms with Crippen molar-refractivity contribution in [1.29, 1.82) is 0 Å². The molecule has 90 valence electrons. The van der Waals surface area contributed by atoms with E-state index in [1.807, 2.05) is 32.0 Å². The summed E-state index contributed by atoms with van der Waals surface area (Å²) in [5.74, 6) is 1.53. The summed E-state index contributed by atoms with van der Waals surface area (Å²) < 4.78 is 2.70. The molecular formula is C12H14BrN3O. The van der Waals surface area contributed by atoms with Crippen LogP contribution in [0.5, 0.6) is 0 Å². The van der Waals surface area contributed by atoms with Gasteiger partial charge in [0, 0.05) is 10.0 Å². The maximum Gasteiger partial charge on any atom is 0.148 e. The topological polar surface area (TPSA) is 50.9 Å². The lowest BCUT2D eigenvalue weighted by Gasteiger charge is -2.13. The number of aryl methyl sites for hydroxylation is 2. The Morgan fingerprint density at radius 1 is 1.35 bits per heavy atom. The Kier molecular flexibility index (Phi) is 3.31. The normalized spacial score (nSPS) is 12.8. The fourth-order valence-electron chi connectivity index (χ4n) is 1.80. The molecule has 0 radical (unpaired) electrons. The van der Waals surface area contributed by atoms with Crippen LogP contribution >= 0.6 is 15.9 Å². The number of halogens is 1. The molecule has 0 bridgehead atoms. The van der Waals surface area contributed by atoms with E-state index in [0.29, 0.717) is 0 Å². The third-order valence-electron chi connectivity index (χ3n) is 2.55. The third-order valence-corrected chi connectivity index (χ3v) is 3.04. The maximum absolute atomic E-state index is 9.78. The van der Waals surface area contributed by atoms with Crippen LogP contribution in [0.25, 0.3) is 5.69 Å². The van der Waals surface area contributed by atoms with E-state index in [1.165, 1.54) is 0 Å². The summed E-state index contributed by atoms with van der Waals surface area (Å²) in [5.41, 5.74) is 1.69. The molecule has 1 atom stereocenters. The van der Waals surface area contributed by atoms with Gasteiger partial charge in [-0.3, -0.25) is 0 Å². The second-order valence-electron chi connectivity index (χ2n) is 4.00. The number of aliphatic hydroxyl groups is 1. The molecule has 0 saturated carbocycles. The zero-order valence-electron chi connectivity index (χ0n) is 9.98. The van der Waals surface area contributed by atoms with Crippen LogP contribution in [0.3, 0.4) is 0 Å². The van der Waals surface area contributed by atoms with Gasteiger partial charge in [-0.05, 0) is 32.9 Å². The average Bonchev–Trinajstić information content (AvgIpc) is 2.57. The second kappa shape index (κ2) is 4.58. The van der Waals surface area contributed by atoms with Crippen molar-refractivity contribution in [2.75, 3.05) is 0 Å². The molecule has 0 aliphatic carbocycles. The first-order chi connectivity index (χ1) is 7.99. The summed E-state index contributed by atoms with van der Waals surface area (Å²) in [7, 11) is 0. The van der Waals surface area contributed by atoms with Gasteiger partial charge in [0.05, 0.1) is 11.8 Å². The molecule has 1 aromatic carbocycles.